The molecular weight excluding hydrogens is 694 g/mol. The van der Waals surface area contributed by atoms with Crippen molar-refractivity contribution in [1.29, 1.82) is 0 Å². The van der Waals surface area contributed by atoms with Crippen LogP contribution < -0.4 is 19.5 Å². The lowest BCUT2D eigenvalue weighted by Gasteiger charge is -2.08. The third-order valence-electron chi connectivity index (χ3n) is 6.45. The van der Waals surface area contributed by atoms with Gasteiger partial charge in [0.2, 0.25) is 5.91 Å². The first-order valence-corrected chi connectivity index (χ1v) is 16.3. The van der Waals surface area contributed by atoms with E-state index in [9.17, 15) is 19.2 Å². The topological polar surface area (TPSA) is 126 Å². The number of unbranched alkanes of at least 4 members (excludes halogenated alkanes) is 2. The maximum atomic E-state index is 12.5. The summed E-state index contributed by atoms with van der Waals surface area (Å²) < 4.78 is 27.2. The van der Waals surface area contributed by atoms with Crippen molar-refractivity contribution in [2.75, 3.05) is 31.7 Å². The van der Waals surface area contributed by atoms with Gasteiger partial charge in [0, 0.05) is 28.8 Å². The minimum absolute atomic E-state index is 0.302. The molecule has 49 heavy (non-hydrogen) atoms. The van der Waals surface area contributed by atoms with E-state index in [-0.39, 0.29) is 5.91 Å². The zero-order valence-corrected chi connectivity index (χ0v) is 28.5. The molecule has 11 heteroatoms. The summed E-state index contributed by atoms with van der Waals surface area (Å²) in [5.74, 6) is -0.0904. The molecule has 0 bridgehead atoms. The molecule has 10 nitrogen and oxygen atoms in total. The van der Waals surface area contributed by atoms with Gasteiger partial charge in [-0.3, -0.25) is 4.79 Å². The highest BCUT2D eigenvalue weighted by Gasteiger charge is 2.08. The van der Waals surface area contributed by atoms with Crippen molar-refractivity contribution in [3.8, 4) is 17.2 Å². The fraction of sp³-hybridized carbons (Fsp3) is 0.211. The minimum Gasteiger partial charge on any atom is -0.494 e. The molecular formula is C38H38BrNO9. The van der Waals surface area contributed by atoms with Crippen molar-refractivity contribution in [3.05, 3.63) is 120 Å². The second-order valence-electron chi connectivity index (χ2n) is 10.2. The highest BCUT2D eigenvalue weighted by molar-refractivity contribution is 9.10. The summed E-state index contributed by atoms with van der Waals surface area (Å²) in [6.07, 6.45) is 11.1. The Morgan fingerprint density at radius 1 is 0.612 bits per heavy atom. The zero-order chi connectivity index (χ0) is 35.3. The quantitative estimate of drug-likeness (QED) is 0.0544. The number of benzene rings is 3. The molecule has 0 saturated heterocycles. The molecule has 0 aliphatic heterocycles. The number of hydrogen-bond acceptors (Lipinski definition) is 9. The Morgan fingerprint density at radius 2 is 1.08 bits per heavy atom. The van der Waals surface area contributed by atoms with E-state index >= 15 is 0 Å². The molecule has 256 valence electrons. The second kappa shape index (κ2) is 21.5. The van der Waals surface area contributed by atoms with Crippen LogP contribution in [0.4, 0.5) is 5.69 Å². The van der Waals surface area contributed by atoms with Gasteiger partial charge in [0.15, 0.2) is 0 Å². The van der Waals surface area contributed by atoms with E-state index in [0.717, 1.165) is 36.1 Å². The molecule has 0 atom stereocenters. The number of ether oxygens (including phenoxy) is 5. The first kappa shape index (κ1) is 38.0. The van der Waals surface area contributed by atoms with E-state index in [2.05, 4.69) is 34.4 Å². The molecule has 0 heterocycles. The van der Waals surface area contributed by atoms with Gasteiger partial charge in [-0.1, -0.05) is 37.4 Å². The molecule has 0 radical (unpaired) electrons. The van der Waals surface area contributed by atoms with Gasteiger partial charge in [-0.2, -0.15) is 0 Å². The number of esters is 3. The lowest BCUT2D eigenvalue weighted by molar-refractivity contribution is -0.138. The molecule has 3 aromatic rings. The number of carbonyl (C=O) groups excluding carboxylic acids is 4. The van der Waals surface area contributed by atoms with Crippen molar-refractivity contribution >= 4 is 57.6 Å². The predicted octanol–water partition coefficient (Wildman–Crippen LogP) is 7.50. The second-order valence-corrected chi connectivity index (χ2v) is 11.1. The van der Waals surface area contributed by atoms with Crippen LogP contribution in [0.5, 0.6) is 17.2 Å². The summed E-state index contributed by atoms with van der Waals surface area (Å²) in [4.78, 5) is 46.9. The number of amides is 1. The van der Waals surface area contributed by atoms with Gasteiger partial charge in [0.1, 0.15) is 17.2 Å². The summed E-state index contributed by atoms with van der Waals surface area (Å²) in [5, 5.41) is 2.79. The van der Waals surface area contributed by atoms with Gasteiger partial charge in [0.25, 0.3) is 0 Å². The molecule has 0 aliphatic rings. The van der Waals surface area contributed by atoms with Crippen LogP contribution in [-0.2, 0) is 28.7 Å². The molecule has 0 fully saturated rings. The lowest BCUT2D eigenvalue weighted by Crippen LogP contribution is -2.09. The molecule has 3 rings (SSSR count). The summed E-state index contributed by atoms with van der Waals surface area (Å²) in [7, 11) is 0. The van der Waals surface area contributed by atoms with Crippen molar-refractivity contribution < 1.29 is 42.9 Å². The fourth-order valence-corrected chi connectivity index (χ4v) is 4.38. The summed E-state index contributed by atoms with van der Waals surface area (Å²) in [6.45, 7) is 8.31. The van der Waals surface area contributed by atoms with Crippen LogP contribution in [0.25, 0.3) is 12.2 Å². The van der Waals surface area contributed by atoms with Gasteiger partial charge in [-0.25, -0.2) is 14.4 Å². The largest absolute Gasteiger partial charge is 0.494 e. The van der Waals surface area contributed by atoms with Crippen LogP contribution in [-0.4, -0.2) is 50.2 Å². The van der Waals surface area contributed by atoms with E-state index < -0.39 is 17.9 Å². The molecule has 0 spiro atoms. The zero-order valence-electron chi connectivity index (χ0n) is 26.9. The van der Waals surface area contributed by atoms with E-state index in [0.29, 0.717) is 66.7 Å². The minimum atomic E-state index is -0.563. The molecule has 0 aliphatic carbocycles. The molecule has 1 N–H and O–H groups in total. The monoisotopic (exact) mass is 731 g/mol. The third-order valence-corrected chi connectivity index (χ3v) is 7.11. The van der Waals surface area contributed by atoms with Crippen LogP contribution in [0.15, 0.2) is 109 Å². The van der Waals surface area contributed by atoms with Crippen LogP contribution in [0.2, 0.25) is 0 Å². The number of hydrogen-bond donors (Lipinski definition) is 1. The maximum Gasteiger partial charge on any atom is 0.336 e. The van der Waals surface area contributed by atoms with Gasteiger partial charge in [-0.15, -0.1) is 0 Å². The summed E-state index contributed by atoms with van der Waals surface area (Å²) in [5.41, 5.74) is 2.11. The van der Waals surface area contributed by atoms with Crippen LogP contribution >= 0.6 is 15.9 Å². The standard InChI is InChI=1S/C38H38BrNO9/c1-3-36(42)47-25-7-5-23-45-30-15-9-28(10-16-30)13-21-35(41)40-34-20-19-32(27-33(34)39)49-38(44)22-14-29-11-17-31(18-12-29)46-24-6-8-26-48-37(43)4-2/h3-4,9-22,27H,1-2,5-8,23-26H2,(H,40,41). The van der Waals surface area contributed by atoms with Crippen molar-refractivity contribution in [2.45, 2.75) is 25.7 Å². The average molecular weight is 733 g/mol. The first-order chi connectivity index (χ1) is 23.7. The van der Waals surface area contributed by atoms with Crippen molar-refractivity contribution in [2.24, 2.45) is 0 Å². The van der Waals surface area contributed by atoms with E-state index in [1.807, 2.05) is 36.4 Å². The lowest BCUT2D eigenvalue weighted by atomic mass is 10.2. The molecule has 0 unspecified atom stereocenters. The Balaban J connectivity index is 1.37. The third kappa shape index (κ3) is 15.4. The molecule has 1 amide bonds. The summed E-state index contributed by atoms with van der Waals surface area (Å²) in [6, 6.07) is 19.3. The van der Waals surface area contributed by atoms with E-state index in [4.69, 9.17) is 23.7 Å². The Bertz CT molecular complexity index is 1630. The smallest absolute Gasteiger partial charge is 0.336 e. The van der Waals surface area contributed by atoms with Gasteiger partial charge < -0.3 is 29.0 Å². The highest BCUT2D eigenvalue weighted by atomic mass is 79.9. The van der Waals surface area contributed by atoms with Crippen LogP contribution in [0.1, 0.15) is 36.8 Å². The Labute approximate surface area is 294 Å². The van der Waals surface area contributed by atoms with Gasteiger partial charge in [0.05, 0.1) is 32.1 Å². The Morgan fingerprint density at radius 3 is 1.57 bits per heavy atom. The first-order valence-electron chi connectivity index (χ1n) is 15.5. The predicted molar refractivity (Wildman–Crippen MR) is 191 cm³/mol. The van der Waals surface area contributed by atoms with Crippen molar-refractivity contribution in [1.82, 2.24) is 0 Å². The highest BCUT2D eigenvalue weighted by Crippen LogP contribution is 2.27. The van der Waals surface area contributed by atoms with E-state index in [1.165, 1.54) is 12.2 Å². The summed E-state index contributed by atoms with van der Waals surface area (Å²) >= 11 is 3.41. The van der Waals surface area contributed by atoms with Gasteiger partial charge >= 0.3 is 17.9 Å². The Hall–Kier alpha value is -5.42. The number of carbonyl (C=O) groups is 4. The SMILES string of the molecule is C=CC(=O)OCCCCOc1ccc(C=CC(=O)Nc2ccc(OC(=O)C=Cc3ccc(OCCCCOC(=O)C=C)cc3)cc2Br)cc1. The maximum absolute atomic E-state index is 12.5. The van der Waals surface area contributed by atoms with Crippen LogP contribution in [0.3, 0.4) is 0 Å². The number of rotatable bonds is 20. The molecule has 3 aromatic carbocycles. The number of nitrogens with one attached hydrogen (secondary N) is 1. The molecule has 0 aromatic heterocycles. The Kier molecular flexibility index (Phi) is 16.7. The van der Waals surface area contributed by atoms with Crippen LogP contribution in [0, 0.1) is 0 Å². The number of halogens is 1. The average Bonchev–Trinajstić information content (AvgIpc) is 3.11. The normalized spacial score (nSPS) is 10.7. The molecule has 0 saturated carbocycles. The van der Waals surface area contributed by atoms with Crippen molar-refractivity contribution in [3.63, 3.8) is 0 Å². The fourth-order valence-electron chi connectivity index (χ4n) is 3.92. The van der Waals surface area contributed by atoms with Gasteiger partial charge in [-0.05, 0) is 107 Å². The number of anilines is 1. The van der Waals surface area contributed by atoms with E-state index in [1.54, 1.807) is 42.5 Å².